The Balaban J connectivity index is 2.35. The highest BCUT2D eigenvalue weighted by Crippen LogP contribution is 2.15. The zero-order valence-corrected chi connectivity index (χ0v) is 9.03. The molecule has 0 aromatic carbocycles. The molecule has 0 aromatic rings. The number of hydrogen-bond acceptors (Lipinski definition) is 2. The van der Waals surface area contributed by atoms with Crippen molar-refractivity contribution in [3.05, 3.63) is 12.2 Å². The van der Waals surface area contributed by atoms with Gasteiger partial charge in [0.2, 0.25) is 5.91 Å². The van der Waals surface area contributed by atoms with Gasteiger partial charge in [-0.3, -0.25) is 4.79 Å². The molecule has 0 spiro atoms. The molecule has 0 bridgehead atoms. The molecule has 3 nitrogen and oxygen atoms in total. The molecule has 0 unspecified atom stereocenters. The predicted octanol–water partition coefficient (Wildman–Crippen LogP) is 1.45. The Bertz CT molecular complexity index is 213. The lowest BCUT2D eigenvalue weighted by Gasteiger charge is -2.30. The van der Waals surface area contributed by atoms with E-state index in [-0.39, 0.29) is 5.91 Å². The van der Waals surface area contributed by atoms with Crippen LogP contribution in [-0.4, -0.2) is 37.6 Å². The van der Waals surface area contributed by atoms with E-state index in [0.717, 1.165) is 19.5 Å². The fraction of sp³-hybridized carbons (Fsp3) is 0.727. The maximum absolute atomic E-state index is 11.6. The summed E-state index contributed by atoms with van der Waals surface area (Å²) in [6.45, 7) is 4.50. The van der Waals surface area contributed by atoms with E-state index in [2.05, 4.69) is 6.92 Å². The summed E-state index contributed by atoms with van der Waals surface area (Å²) in [5.41, 5.74) is 0. The molecule has 1 aliphatic heterocycles. The summed E-state index contributed by atoms with van der Waals surface area (Å²) in [6.07, 6.45) is 5.75. The van der Waals surface area contributed by atoms with E-state index < -0.39 is 0 Å². The summed E-state index contributed by atoms with van der Waals surface area (Å²) in [5, 5.41) is 0. The van der Waals surface area contributed by atoms with Crippen LogP contribution < -0.4 is 0 Å². The van der Waals surface area contributed by atoms with Gasteiger partial charge < -0.3 is 9.64 Å². The highest BCUT2D eigenvalue weighted by atomic mass is 16.5. The van der Waals surface area contributed by atoms with Gasteiger partial charge in [0, 0.05) is 26.3 Å². The van der Waals surface area contributed by atoms with Gasteiger partial charge in [0.25, 0.3) is 0 Å². The molecule has 1 fully saturated rings. The molecule has 1 amide bonds. The summed E-state index contributed by atoms with van der Waals surface area (Å²) < 4.78 is 4.84. The third-order valence-electron chi connectivity index (χ3n) is 2.49. The Labute approximate surface area is 85.7 Å². The Kier molecular flexibility index (Phi) is 4.66. The molecule has 1 atom stereocenters. The van der Waals surface area contributed by atoms with Gasteiger partial charge in [0.05, 0.1) is 6.61 Å². The third kappa shape index (κ3) is 3.50. The van der Waals surface area contributed by atoms with Gasteiger partial charge in [0.1, 0.15) is 0 Å². The molecule has 0 aliphatic carbocycles. The summed E-state index contributed by atoms with van der Waals surface area (Å²) in [7, 11) is 1.62. The number of ether oxygens (including phenoxy) is 1. The number of rotatable bonds is 3. The minimum Gasteiger partial charge on any atom is -0.381 e. The quantitative estimate of drug-likeness (QED) is 0.641. The molecule has 14 heavy (non-hydrogen) atoms. The molecular formula is C11H19NO2. The number of hydrogen-bond donors (Lipinski definition) is 0. The van der Waals surface area contributed by atoms with Crippen LogP contribution in [0.3, 0.4) is 0 Å². The normalized spacial score (nSPS) is 23.0. The molecule has 0 radical (unpaired) electrons. The van der Waals surface area contributed by atoms with Gasteiger partial charge in [-0.2, -0.15) is 0 Å². The van der Waals surface area contributed by atoms with Crippen LogP contribution in [0.1, 0.15) is 19.8 Å². The van der Waals surface area contributed by atoms with Crippen LogP contribution in [0.2, 0.25) is 0 Å². The highest BCUT2D eigenvalue weighted by Gasteiger charge is 2.18. The zero-order valence-electron chi connectivity index (χ0n) is 9.03. The number of likely N-dealkylation sites (tertiary alicyclic amines) is 1. The average molecular weight is 197 g/mol. The van der Waals surface area contributed by atoms with Crippen molar-refractivity contribution in [3.63, 3.8) is 0 Å². The third-order valence-corrected chi connectivity index (χ3v) is 2.49. The molecule has 80 valence electrons. The van der Waals surface area contributed by atoms with Crippen LogP contribution in [0.4, 0.5) is 0 Å². The van der Waals surface area contributed by atoms with E-state index in [1.165, 1.54) is 6.42 Å². The van der Waals surface area contributed by atoms with Gasteiger partial charge in [-0.15, -0.1) is 0 Å². The van der Waals surface area contributed by atoms with Crippen molar-refractivity contribution in [2.45, 2.75) is 19.8 Å². The van der Waals surface area contributed by atoms with Crippen molar-refractivity contribution in [2.75, 3.05) is 26.8 Å². The van der Waals surface area contributed by atoms with E-state index >= 15 is 0 Å². The highest BCUT2D eigenvalue weighted by molar-refractivity contribution is 5.87. The Morgan fingerprint density at radius 1 is 1.64 bits per heavy atom. The number of carbonyl (C=O) groups excluding carboxylic acids is 1. The van der Waals surface area contributed by atoms with Crippen molar-refractivity contribution in [3.8, 4) is 0 Å². The van der Waals surface area contributed by atoms with Crippen LogP contribution in [0.5, 0.6) is 0 Å². The monoisotopic (exact) mass is 197 g/mol. The maximum atomic E-state index is 11.6. The largest absolute Gasteiger partial charge is 0.381 e. The number of methoxy groups -OCH3 is 1. The van der Waals surface area contributed by atoms with Crippen molar-refractivity contribution in [2.24, 2.45) is 5.92 Å². The van der Waals surface area contributed by atoms with Crippen molar-refractivity contribution >= 4 is 5.91 Å². The second-order valence-corrected chi connectivity index (χ2v) is 3.89. The molecule has 1 rings (SSSR count). The fourth-order valence-corrected chi connectivity index (χ4v) is 1.74. The van der Waals surface area contributed by atoms with Gasteiger partial charge in [-0.25, -0.2) is 0 Å². The standard InChI is InChI=1S/C11H19NO2/c1-10-5-3-7-12(9-10)11(13)6-4-8-14-2/h4,6,10H,3,5,7-9H2,1-2H3/b6-4+/t10-/m0/s1. The van der Waals surface area contributed by atoms with E-state index in [1.807, 2.05) is 4.90 Å². The van der Waals surface area contributed by atoms with Gasteiger partial charge in [0.15, 0.2) is 0 Å². The van der Waals surface area contributed by atoms with Crippen LogP contribution in [-0.2, 0) is 9.53 Å². The maximum Gasteiger partial charge on any atom is 0.246 e. The lowest BCUT2D eigenvalue weighted by molar-refractivity contribution is -0.127. The first-order valence-electron chi connectivity index (χ1n) is 5.18. The first-order chi connectivity index (χ1) is 6.74. The van der Waals surface area contributed by atoms with Crippen molar-refractivity contribution in [1.82, 2.24) is 4.90 Å². The first kappa shape index (κ1) is 11.2. The molecular weight excluding hydrogens is 178 g/mol. The first-order valence-corrected chi connectivity index (χ1v) is 5.18. The molecule has 3 heteroatoms. The average Bonchev–Trinajstić information content (AvgIpc) is 2.18. The minimum atomic E-state index is 0.119. The lowest BCUT2D eigenvalue weighted by atomic mass is 10.0. The zero-order chi connectivity index (χ0) is 10.4. The number of nitrogens with zero attached hydrogens (tertiary/aromatic N) is 1. The lowest BCUT2D eigenvalue weighted by Crippen LogP contribution is -2.38. The summed E-state index contributed by atoms with van der Waals surface area (Å²) in [6, 6.07) is 0. The number of piperidine rings is 1. The van der Waals surface area contributed by atoms with Gasteiger partial charge >= 0.3 is 0 Å². The van der Waals surface area contributed by atoms with Gasteiger partial charge in [-0.1, -0.05) is 13.0 Å². The van der Waals surface area contributed by atoms with Crippen LogP contribution in [0, 0.1) is 5.92 Å². The van der Waals surface area contributed by atoms with Crippen LogP contribution in [0.25, 0.3) is 0 Å². The second kappa shape index (κ2) is 5.81. The van der Waals surface area contributed by atoms with Gasteiger partial charge in [-0.05, 0) is 18.8 Å². The van der Waals surface area contributed by atoms with E-state index in [1.54, 1.807) is 19.3 Å². The van der Waals surface area contributed by atoms with E-state index in [4.69, 9.17) is 4.74 Å². The summed E-state index contributed by atoms with van der Waals surface area (Å²) >= 11 is 0. The van der Waals surface area contributed by atoms with Crippen LogP contribution in [0.15, 0.2) is 12.2 Å². The van der Waals surface area contributed by atoms with Crippen LogP contribution >= 0.6 is 0 Å². The molecule has 1 saturated heterocycles. The predicted molar refractivity (Wildman–Crippen MR) is 56.0 cm³/mol. The van der Waals surface area contributed by atoms with Crippen molar-refractivity contribution in [1.29, 1.82) is 0 Å². The molecule has 1 aliphatic rings. The SMILES string of the molecule is COC/C=C/C(=O)N1CCC[C@H](C)C1. The molecule has 0 aromatic heterocycles. The molecule has 0 N–H and O–H groups in total. The Morgan fingerprint density at radius 3 is 3.07 bits per heavy atom. The number of carbonyl (C=O) groups is 1. The minimum absolute atomic E-state index is 0.119. The molecule has 0 saturated carbocycles. The smallest absolute Gasteiger partial charge is 0.246 e. The second-order valence-electron chi connectivity index (χ2n) is 3.89. The molecule has 1 heterocycles. The summed E-state index contributed by atoms with van der Waals surface area (Å²) in [4.78, 5) is 13.5. The Hall–Kier alpha value is -0.830. The Morgan fingerprint density at radius 2 is 2.43 bits per heavy atom. The summed E-state index contributed by atoms with van der Waals surface area (Å²) in [5.74, 6) is 0.761. The van der Waals surface area contributed by atoms with Crippen molar-refractivity contribution < 1.29 is 9.53 Å². The fourth-order valence-electron chi connectivity index (χ4n) is 1.74. The number of amides is 1. The topological polar surface area (TPSA) is 29.5 Å². The van der Waals surface area contributed by atoms with E-state index in [0.29, 0.717) is 12.5 Å². The van der Waals surface area contributed by atoms with E-state index in [9.17, 15) is 4.79 Å².